The van der Waals surface area contributed by atoms with Gasteiger partial charge in [0.15, 0.2) is 0 Å². The predicted molar refractivity (Wildman–Crippen MR) is 78.3 cm³/mol. The van der Waals surface area contributed by atoms with Crippen molar-refractivity contribution in [1.82, 2.24) is 4.98 Å². The van der Waals surface area contributed by atoms with Crippen molar-refractivity contribution in [3.05, 3.63) is 23.4 Å². The first kappa shape index (κ1) is 14.3. The van der Waals surface area contributed by atoms with Gasteiger partial charge in [-0.2, -0.15) is 0 Å². The Kier molecular flexibility index (Phi) is 4.77. The lowest BCUT2D eigenvalue weighted by atomic mass is 10.1. The van der Waals surface area contributed by atoms with Crippen LogP contribution in [0.4, 0.5) is 5.82 Å². The summed E-state index contributed by atoms with van der Waals surface area (Å²) in [6.07, 6.45) is 2.62. The quantitative estimate of drug-likeness (QED) is 0.904. The highest BCUT2D eigenvalue weighted by Crippen LogP contribution is 2.21. The van der Waals surface area contributed by atoms with Crippen LogP contribution in [0.1, 0.15) is 38.4 Å². The van der Waals surface area contributed by atoms with Gasteiger partial charge >= 0.3 is 0 Å². The van der Waals surface area contributed by atoms with Gasteiger partial charge < -0.3 is 15.4 Å². The summed E-state index contributed by atoms with van der Waals surface area (Å²) in [7, 11) is 0. The molecule has 0 spiro atoms. The molecule has 4 nitrogen and oxygen atoms in total. The zero-order valence-electron chi connectivity index (χ0n) is 12.2. The van der Waals surface area contributed by atoms with Gasteiger partial charge in [-0.1, -0.05) is 13.3 Å². The number of hydrogen-bond acceptors (Lipinski definition) is 4. The van der Waals surface area contributed by atoms with E-state index in [1.54, 1.807) is 0 Å². The minimum atomic E-state index is 0.252. The Morgan fingerprint density at radius 3 is 2.58 bits per heavy atom. The topological polar surface area (TPSA) is 51.4 Å². The minimum absolute atomic E-state index is 0.252. The number of morpholine rings is 1. The zero-order valence-corrected chi connectivity index (χ0v) is 12.2. The number of anilines is 1. The summed E-state index contributed by atoms with van der Waals surface area (Å²) < 4.78 is 5.78. The van der Waals surface area contributed by atoms with E-state index in [0.717, 1.165) is 37.4 Å². The molecule has 19 heavy (non-hydrogen) atoms. The van der Waals surface area contributed by atoms with Crippen LogP contribution in [0, 0.1) is 0 Å². The molecule has 2 heterocycles. The van der Waals surface area contributed by atoms with Crippen LogP contribution < -0.4 is 10.6 Å². The van der Waals surface area contributed by atoms with E-state index in [1.165, 1.54) is 5.56 Å². The molecule has 2 N–H and O–H groups in total. The number of rotatable bonds is 4. The van der Waals surface area contributed by atoms with Gasteiger partial charge in [-0.05, 0) is 38.0 Å². The van der Waals surface area contributed by atoms with Crippen molar-refractivity contribution in [2.45, 2.75) is 52.4 Å². The third-order valence-corrected chi connectivity index (χ3v) is 3.41. The molecule has 1 saturated heterocycles. The molecule has 1 fully saturated rings. The smallest absolute Gasteiger partial charge is 0.129 e. The van der Waals surface area contributed by atoms with E-state index < -0.39 is 0 Å². The Bertz CT molecular complexity index is 412. The summed E-state index contributed by atoms with van der Waals surface area (Å²) in [5, 5.41) is 0. The second-order valence-electron chi connectivity index (χ2n) is 5.44. The van der Waals surface area contributed by atoms with Crippen LogP contribution in [0.25, 0.3) is 0 Å². The van der Waals surface area contributed by atoms with Gasteiger partial charge in [-0.3, -0.25) is 0 Å². The second-order valence-corrected chi connectivity index (χ2v) is 5.44. The van der Waals surface area contributed by atoms with E-state index in [-0.39, 0.29) is 12.2 Å². The van der Waals surface area contributed by atoms with Gasteiger partial charge in [-0.15, -0.1) is 0 Å². The number of ether oxygens (including phenoxy) is 1. The van der Waals surface area contributed by atoms with Crippen LogP contribution in [0.5, 0.6) is 0 Å². The summed E-state index contributed by atoms with van der Waals surface area (Å²) in [5.74, 6) is 1.05. The lowest BCUT2D eigenvalue weighted by Crippen LogP contribution is -2.46. The zero-order chi connectivity index (χ0) is 13.8. The largest absolute Gasteiger partial charge is 0.372 e. The van der Waals surface area contributed by atoms with Crippen molar-refractivity contribution >= 4 is 5.82 Å². The van der Waals surface area contributed by atoms with E-state index in [9.17, 15) is 0 Å². The maximum Gasteiger partial charge on any atom is 0.129 e. The summed E-state index contributed by atoms with van der Waals surface area (Å²) in [6.45, 7) is 8.77. The molecule has 4 heteroatoms. The maximum absolute atomic E-state index is 5.80. The molecule has 0 aromatic carbocycles. The van der Waals surface area contributed by atoms with Crippen LogP contribution in [-0.4, -0.2) is 30.3 Å². The highest BCUT2D eigenvalue weighted by atomic mass is 16.5. The van der Waals surface area contributed by atoms with Gasteiger partial charge in [0.1, 0.15) is 5.82 Å². The van der Waals surface area contributed by atoms with Gasteiger partial charge in [0, 0.05) is 25.3 Å². The summed E-state index contributed by atoms with van der Waals surface area (Å²) in [5.41, 5.74) is 8.11. The molecule has 0 saturated carbocycles. The third-order valence-electron chi connectivity index (χ3n) is 3.41. The monoisotopic (exact) mass is 263 g/mol. The molecule has 1 aromatic rings. The number of aryl methyl sites for hydroxylation is 1. The van der Waals surface area contributed by atoms with Crippen LogP contribution >= 0.6 is 0 Å². The van der Waals surface area contributed by atoms with Crippen molar-refractivity contribution in [3.63, 3.8) is 0 Å². The molecule has 0 aliphatic carbocycles. The average molecular weight is 263 g/mol. The van der Waals surface area contributed by atoms with E-state index in [1.807, 2.05) is 0 Å². The van der Waals surface area contributed by atoms with Gasteiger partial charge in [0.25, 0.3) is 0 Å². The molecule has 1 aliphatic heterocycles. The van der Waals surface area contributed by atoms with Crippen LogP contribution in [0.3, 0.4) is 0 Å². The summed E-state index contributed by atoms with van der Waals surface area (Å²) in [6, 6.07) is 4.24. The van der Waals surface area contributed by atoms with Gasteiger partial charge in [0.2, 0.25) is 0 Å². The van der Waals surface area contributed by atoms with E-state index in [0.29, 0.717) is 6.54 Å². The summed E-state index contributed by atoms with van der Waals surface area (Å²) >= 11 is 0. The van der Waals surface area contributed by atoms with Crippen molar-refractivity contribution in [3.8, 4) is 0 Å². The molecule has 0 radical (unpaired) electrons. The average Bonchev–Trinajstić information content (AvgIpc) is 2.37. The fourth-order valence-corrected chi connectivity index (χ4v) is 2.66. The third kappa shape index (κ3) is 3.67. The Labute approximate surface area is 116 Å². The Morgan fingerprint density at radius 1 is 1.32 bits per heavy atom. The molecule has 106 valence electrons. The normalized spacial score (nSPS) is 23.7. The first-order valence-electron chi connectivity index (χ1n) is 7.22. The highest BCUT2D eigenvalue weighted by molar-refractivity contribution is 5.43. The Balaban J connectivity index is 2.24. The van der Waals surface area contributed by atoms with Crippen LogP contribution in [-0.2, 0) is 17.7 Å². The molecule has 1 aliphatic rings. The molecular weight excluding hydrogens is 238 g/mol. The maximum atomic E-state index is 5.80. The fraction of sp³-hybridized carbons (Fsp3) is 0.667. The molecule has 0 bridgehead atoms. The van der Waals surface area contributed by atoms with Crippen molar-refractivity contribution in [2.24, 2.45) is 5.73 Å². The predicted octanol–water partition coefficient (Wildman–Crippen LogP) is 2.11. The highest BCUT2D eigenvalue weighted by Gasteiger charge is 2.23. The lowest BCUT2D eigenvalue weighted by Gasteiger charge is -2.36. The number of pyridine rings is 1. The van der Waals surface area contributed by atoms with Gasteiger partial charge in [0.05, 0.1) is 12.2 Å². The number of hydrogen-bond donors (Lipinski definition) is 1. The molecule has 2 atom stereocenters. The standard InChI is InChI=1S/C15H25N3O/c1-4-5-14-6-13(8-16)7-15(17-14)18-9-11(2)19-12(3)10-18/h6-7,11-12H,4-5,8-10,16H2,1-3H3/t11-,12+. The first-order valence-corrected chi connectivity index (χ1v) is 7.22. The first-order chi connectivity index (χ1) is 9.12. The van der Waals surface area contributed by atoms with Gasteiger partial charge in [-0.25, -0.2) is 4.98 Å². The fourth-order valence-electron chi connectivity index (χ4n) is 2.66. The second kappa shape index (κ2) is 6.35. The SMILES string of the molecule is CCCc1cc(CN)cc(N2C[C@@H](C)O[C@@H](C)C2)n1. The molecule has 1 aromatic heterocycles. The lowest BCUT2D eigenvalue weighted by molar-refractivity contribution is -0.00547. The molecule has 0 amide bonds. The Morgan fingerprint density at radius 2 is 2.00 bits per heavy atom. The van der Waals surface area contributed by atoms with Crippen molar-refractivity contribution < 1.29 is 4.74 Å². The number of nitrogens with zero attached hydrogens (tertiary/aromatic N) is 2. The number of aromatic nitrogens is 1. The van der Waals surface area contributed by atoms with Crippen LogP contribution in [0.15, 0.2) is 12.1 Å². The summed E-state index contributed by atoms with van der Waals surface area (Å²) in [4.78, 5) is 7.10. The van der Waals surface area contributed by atoms with E-state index >= 15 is 0 Å². The number of nitrogens with two attached hydrogens (primary N) is 1. The molecular formula is C15H25N3O. The Hall–Kier alpha value is -1.13. The van der Waals surface area contributed by atoms with E-state index in [2.05, 4.69) is 37.8 Å². The minimum Gasteiger partial charge on any atom is -0.372 e. The van der Waals surface area contributed by atoms with Crippen molar-refractivity contribution in [1.29, 1.82) is 0 Å². The van der Waals surface area contributed by atoms with Crippen LogP contribution in [0.2, 0.25) is 0 Å². The molecule has 0 unspecified atom stereocenters. The van der Waals surface area contributed by atoms with Crippen molar-refractivity contribution in [2.75, 3.05) is 18.0 Å². The van der Waals surface area contributed by atoms with E-state index in [4.69, 9.17) is 15.5 Å². The molecule has 2 rings (SSSR count).